The molecule has 0 aliphatic carbocycles. The second-order valence-corrected chi connectivity index (χ2v) is 2.43. The number of nitrogens with zero attached hydrogens (tertiary/aromatic N) is 1. The van der Waals surface area contributed by atoms with Crippen LogP contribution < -0.4 is 5.73 Å². The summed E-state index contributed by atoms with van der Waals surface area (Å²) >= 11 is 0. The van der Waals surface area contributed by atoms with Crippen molar-refractivity contribution in [3.63, 3.8) is 0 Å². The van der Waals surface area contributed by atoms with Crippen molar-refractivity contribution in [3.8, 4) is 0 Å². The molecule has 1 saturated heterocycles. The second kappa shape index (κ2) is 3.41. The van der Waals surface area contributed by atoms with E-state index < -0.39 is 0 Å². The van der Waals surface area contributed by atoms with Gasteiger partial charge in [-0.3, -0.25) is 0 Å². The fourth-order valence-electron chi connectivity index (χ4n) is 1.08. The summed E-state index contributed by atoms with van der Waals surface area (Å²) in [7, 11) is 0. The predicted molar refractivity (Wildman–Crippen MR) is 37.0 cm³/mol. The molecule has 0 radical (unpaired) electrons. The Morgan fingerprint density at radius 3 is 3.10 bits per heavy atom. The highest BCUT2D eigenvalue weighted by Crippen LogP contribution is 2.14. The van der Waals surface area contributed by atoms with Crippen LogP contribution in [0.2, 0.25) is 0 Å². The molecule has 0 spiro atoms. The summed E-state index contributed by atoms with van der Waals surface area (Å²) < 4.78 is 5.25. The van der Waals surface area contributed by atoms with Crippen molar-refractivity contribution in [3.05, 3.63) is 0 Å². The summed E-state index contributed by atoms with van der Waals surface area (Å²) in [5, 5.41) is 11.1. The molecule has 10 heavy (non-hydrogen) atoms. The summed E-state index contributed by atoms with van der Waals surface area (Å²) in [5.41, 5.74) is 5.27. The molecule has 4 heteroatoms. The SMILES string of the molecule is N/C(C[C@@H]1CCCO1)=N/O. The first-order valence-corrected chi connectivity index (χ1v) is 3.41. The third kappa shape index (κ3) is 1.88. The molecule has 0 aromatic carbocycles. The third-order valence-electron chi connectivity index (χ3n) is 1.59. The lowest BCUT2D eigenvalue weighted by molar-refractivity contribution is 0.115. The van der Waals surface area contributed by atoms with E-state index in [4.69, 9.17) is 15.7 Å². The third-order valence-corrected chi connectivity index (χ3v) is 1.59. The Hall–Kier alpha value is -0.770. The fraction of sp³-hybridized carbons (Fsp3) is 0.833. The fourth-order valence-corrected chi connectivity index (χ4v) is 1.08. The zero-order valence-electron chi connectivity index (χ0n) is 5.79. The number of hydrogen-bond acceptors (Lipinski definition) is 3. The molecule has 4 nitrogen and oxygen atoms in total. The molecule has 58 valence electrons. The first-order valence-electron chi connectivity index (χ1n) is 3.41. The Balaban J connectivity index is 2.24. The van der Waals surface area contributed by atoms with Crippen LogP contribution in [0, 0.1) is 0 Å². The molecule has 0 aromatic rings. The smallest absolute Gasteiger partial charge is 0.141 e. The Morgan fingerprint density at radius 1 is 1.80 bits per heavy atom. The van der Waals surface area contributed by atoms with Crippen molar-refractivity contribution in [1.82, 2.24) is 0 Å². The van der Waals surface area contributed by atoms with E-state index in [1.54, 1.807) is 0 Å². The number of nitrogens with two attached hydrogens (primary N) is 1. The van der Waals surface area contributed by atoms with Gasteiger partial charge >= 0.3 is 0 Å². The zero-order valence-corrected chi connectivity index (χ0v) is 5.79. The van der Waals surface area contributed by atoms with Gasteiger partial charge in [0.1, 0.15) is 5.84 Å². The maximum absolute atomic E-state index is 8.20. The molecule has 1 aliphatic heterocycles. The van der Waals surface area contributed by atoms with Crippen molar-refractivity contribution < 1.29 is 9.94 Å². The van der Waals surface area contributed by atoms with E-state index in [0.29, 0.717) is 6.42 Å². The highest BCUT2D eigenvalue weighted by molar-refractivity contribution is 5.80. The molecule has 1 fully saturated rings. The van der Waals surface area contributed by atoms with Crippen molar-refractivity contribution in [1.29, 1.82) is 0 Å². The summed E-state index contributed by atoms with van der Waals surface area (Å²) in [6, 6.07) is 0. The number of oxime groups is 1. The first kappa shape index (κ1) is 7.34. The maximum Gasteiger partial charge on any atom is 0.141 e. The van der Waals surface area contributed by atoms with Gasteiger partial charge in [0.15, 0.2) is 0 Å². The van der Waals surface area contributed by atoms with Gasteiger partial charge in [-0.15, -0.1) is 0 Å². The number of amidine groups is 1. The number of ether oxygens (including phenoxy) is 1. The van der Waals surface area contributed by atoms with Crippen LogP contribution in [-0.2, 0) is 4.74 Å². The molecule has 3 N–H and O–H groups in total. The van der Waals surface area contributed by atoms with Gasteiger partial charge in [-0.1, -0.05) is 5.16 Å². The van der Waals surface area contributed by atoms with Gasteiger partial charge in [0.2, 0.25) is 0 Å². The number of rotatable bonds is 2. The maximum atomic E-state index is 8.20. The zero-order chi connectivity index (χ0) is 7.40. The van der Waals surface area contributed by atoms with Gasteiger partial charge in [0, 0.05) is 13.0 Å². The average molecular weight is 144 g/mol. The van der Waals surface area contributed by atoms with E-state index in [9.17, 15) is 0 Å². The Bertz CT molecular complexity index is 130. The minimum absolute atomic E-state index is 0.177. The molecule has 1 atom stereocenters. The topological polar surface area (TPSA) is 67.8 Å². The Labute approximate surface area is 59.7 Å². The molecular formula is C6H12N2O2. The minimum Gasteiger partial charge on any atom is -0.409 e. The molecule has 1 rings (SSSR count). The van der Waals surface area contributed by atoms with Gasteiger partial charge < -0.3 is 15.7 Å². The van der Waals surface area contributed by atoms with Gasteiger partial charge in [-0.25, -0.2) is 0 Å². The molecule has 0 amide bonds. The summed E-state index contributed by atoms with van der Waals surface area (Å²) in [4.78, 5) is 0. The van der Waals surface area contributed by atoms with Gasteiger partial charge in [0.05, 0.1) is 6.10 Å². The van der Waals surface area contributed by atoms with Crippen LogP contribution in [0.4, 0.5) is 0 Å². The summed E-state index contributed by atoms with van der Waals surface area (Å²) in [6.45, 7) is 0.809. The summed E-state index contributed by atoms with van der Waals surface area (Å²) in [5.74, 6) is 0.256. The van der Waals surface area contributed by atoms with E-state index in [2.05, 4.69) is 5.16 Å². The van der Waals surface area contributed by atoms with Crippen molar-refractivity contribution in [2.24, 2.45) is 10.9 Å². The van der Waals surface area contributed by atoms with Crippen molar-refractivity contribution >= 4 is 5.84 Å². The first-order chi connectivity index (χ1) is 4.83. The minimum atomic E-state index is 0.177. The van der Waals surface area contributed by atoms with Crippen LogP contribution in [0.5, 0.6) is 0 Å². The Kier molecular flexibility index (Phi) is 2.50. The van der Waals surface area contributed by atoms with Gasteiger partial charge in [0.25, 0.3) is 0 Å². The molecular weight excluding hydrogens is 132 g/mol. The molecule has 0 aromatic heterocycles. The lowest BCUT2D eigenvalue weighted by Gasteiger charge is -2.05. The van der Waals surface area contributed by atoms with Crippen LogP contribution >= 0.6 is 0 Å². The summed E-state index contributed by atoms with van der Waals surface area (Å²) in [6.07, 6.45) is 2.84. The predicted octanol–water partition coefficient (Wildman–Crippen LogP) is 0.302. The molecule has 0 unspecified atom stereocenters. The van der Waals surface area contributed by atoms with Crippen LogP contribution in [0.1, 0.15) is 19.3 Å². The molecule has 1 aliphatic rings. The van der Waals surface area contributed by atoms with Crippen LogP contribution in [0.25, 0.3) is 0 Å². The van der Waals surface area contributed by atoms with Crippen LogP contribution in [0.15, 0.2) is 5.16 Å². The quantitative estimate of drug-likeness (QED) is 0.253. The van der Waals surface area contributed by atoms with Gasteiger partial charge in [-0.05, 0) is 12.8 Å². The molecule has 1 heterocycles. The van der Waals surface area contributed by atoms with E-state index in [0.717, 1.165) is 19.4 Å². The second-order valence-electron chi connectivity index (χ2n) is 2.43. The van der Waals surface area contributed by atoms with Crippen molar-refractivity contribution in [2.45, 2.75) is 25.4 Å². The van der Waals surface area contributed by atoms with E-state index >= 15 is 0 Å². The highest BCUT2D eigenvalue weighted by atomic mass is 16.5. The van der Waals surface area contributed by atoms with E-state index in [1.165, 1.54) is 0 Å². The molecule has 0 bridgehead atoms. The lowest BCUT2D eigenvalue weighted by atomic mass is 10.2. The largest absolute Gasteiger partial charge is 0.409 e. The average Bonchev–Trinajstić information content (AvgIpc) is 2.40. The van der Waals surface area contributed by atoms with Gasteiger partial charge in [-0.2, -0.15) is 0 Å². The monoisotopic (exact) mass is 144 g/mol. The van der Waals surface area contributed by atoms with Crippen molar-refractivity contribution in [2.75, 3.05) is 6.61 Å². The van der Waals surface area contributed by atoms with E-state index in [-0.39, 0.29) is 11.9 Å². The standard InChI is InChI=1S/C6H12N2O2/c7-6(8-9)4-5-2-1-3-10-5/h5,9H,1-4H2,(H2,7,8)/t5-/m0/s1. The van der Waals surface area contributed by atoms with Crippen LogP contribution in [-0.4, -0.2) is 23.8 Å². The van der Waals surface area contributed by atoms with E-state index in [1.807, 2.05) is 0 Å². The normalized spacial score (nSPS) is 27.2. The number of hydrogen-bond donors (Lipinski definition) is 2. The Morgan fingerprint density at radius 2 is 2.60 bits per heavy atom. The highest BCUT2D eigenvalue weighted by Gasteiger charge is 2.16. The van der Waals surface area contributed by atoms with Crippen LogP contribution in [0.3, 0.4) is 0 Å². The molecule has 0 saturated carbocycles. The lowest BCUT2D eigenvalue weighted by Crippen LogP contribution is -2.19.